The Morgan fingerprint density at radius 1 is 0.658 bits per heavy atom. The van der Waals surface area contributed by atoms with Crippen molar-refractivity contribution in [2.45, 2.75) is 60.3 Å². The van der Waals surface area contributed by atoms with Crippen LogP contribution in [0.4, 0.5) is 11.4 Å². The highest BCUT2D eigenvalue weighted by molar-refractivity contribution is 7.83. The number of benzene rings is 4. The molecular weight excluding hydrogens is 479 g/mol. The summed E-state index contributed by atoms with van der Waals surface area (Å²) in [4.78, 5) is 0. The molecule has 196 valence electrons. The van der Waals surface area contributed by atoms with Gasteiger partial charge in [0.05, 0.1) is 12.7 Å². The molecule has 0 saturated heterocycles. The highest BCUT2D eigenvalue weighted by Gasteiger charge is 2.24. The maximum atomic E-state index is 5.72. The Bertz CT molecular complexity index is 1370. The van der Waals surface area contributed by atoms with Gasteiger partial charge in [-0.25, -0.2) is 0 Å². The van der Waals surface area contributed by atoms with E-state index in [0.29, 0.717) is 11.8 Å². The van der Waals surface area contributed by atoms with E-state index >= 15 is 0 Å². The Hall–Kier alpha value is -3.35. The molecule has 0 unspecified atom stereocenters. The molecule has 0 atom stereocenters. The van der Waals surface area contributed by atoms with Crippen LogP contribution in [0.2, 0.25) is 0 Å². The molecule has 0 aliphatic rings. The summed E-state index contributed by atoms with van der Waals surface area (Å²) in [5.74, 6) is 3.27. The van der Waals surface area contributed by atoms with E-state index in [4.69, 9.17) is 4.74 Å². The second-order valence-electron chi connectivity index (χ2n) is 10.8. The lowest BCUT2D eigenvalue weighted by Crippen LogP contribution is -2.16. The van der Waals surface area contributed by atoms with Crippen molar-refractivity contribution < 1.29 is 0 Å². The Labute approximate surface area is 229 Å². The monoisotopic (exact) mass is 520 g/mol. The van der Waals surface area contributed by atoms with Crippen LogP contribution in [0.3, 0.4) is 0 Å². The third-order valence-electron chi connectivity index (χ3n) is 7.07. The van der Waals surface area contributed by atoms with Gasteiger partial charge in [0.15, 0.2) is 0 Å². The lowest BCUT2D eigenvalue weighted by molar-refractivity contribution is 0.837. The largest absolute Gasteiger partial charge is 0.359 e. The highest BCUT2D eigenvalue weighted by Crippen LogP contribution is 2.53. The fraction of sp³-hybridized carbons (Fsp3) is 0.257. The maximum absolute atomic E-state index is 5.72. The molecule has 4 rings (SSSR count). The van der Waals surface area contributed by atoms with Crippen molar-refractivity contribution in [3.05, 3.63) is 131 Å². The van der Waals surface area contributed by atoms with Crippen LogP contribution in [-0.4, -0.2) is 0 Å². The third-order valence-corrected chi connectivity index (χ3v) is 10.5. The molecule has 0 fully saturated rings. The summed E-state index contributed by atoms with van der Waals surface area (Å²) in [6.07, 6.45) is 0. The lowest BCUT2D eigenvalue weighted by Gasteiger charge is -2.26. The van der Waals surface area contributed by atoms with E-state index in [-0.39, 0.29) is 0 Å². The topological polar surface area (TPSA) is 24.4 Å². The molecule has 0 aliphatic carbocycles. The first-order chi connectivity index (χ1) is 18.2. The van der Waals surface area contributed by atoms with E-state index in [1.54, 1.807) is 0 Å². The molecule has 1 N–H and O–H groups in total. The van der Waals surface area contributed by atoms with Gasteiger partial charge < -0.3 is 5.32 Å². The highest BCUT2D eigenvalue weighted by atomic mass is 31.2. The van der Waals surface area contributed by atoms with Gasteiger partial charge in [-0.05, 0) is 60.7 Å². The minimum atomic E-state index is -2.35. The van der Waals surface area contributed by atoms with Crippen molar-refractivity contribution in [3.8, 4) is 0 Å². The number of allylic oxidation sites excluding steroid dienone is 1. The van der Waals surface area contributed by atoms with Gasteiger partial charge in [0.2, 0.25) is 0 Å². The minimum absolute atomic E-state index is 0.422. The number of para-hydroxylation sites is 1. The van der Waals surface area contributed by atoms with E-state index in [0.717, 1.165) is 11.4 Å². The van der Waals surface area contributed by atoms with Gasteiger partial charge in [-0.3, -0.25) is 4.74 Å². The zero-order valence-electron chi connectivity index (χ0n) is 23.9. The molecule has 0 radical (unpaired) electrons. The van der Waals surface area contributed by atoms with Crippen molar-refractivity contribution >= 4 is 29.0 Å². The molecule has 38 heavy (non-hydrogen) atoms. The van der Waals surface area contributed by atoms with Crippen LogP contribution < -0.4 is 15.9 Å². The Kier molecular flexibility index (Phi) is 8.75. The van der Waals surface area contributed by atoms with Gasteiger partial charge >= 0.3 is 0 Å². The zero-order valence-corrected chi connectivity index (χ0v) is 24.8. The van der Waals surface area contributed by atoms with E-state index in [2.05, 4.69) is 157 Å². The summed E-state index contributed by atoms with van der Waals surface area (Å²) < 4.78 is 5.72. The third kappa shape index (κ3) is 5.87. The van der Waals surface area contributed by atoms with Crippen molar-refractivity contribution in [3.63, 3.8) is 0 Å². The van der Waals surface area contributed by atoms with Gasteiger partial charge in [-0.15, -0.1) is 0 Å². The number of hydrogen-bond donors (Lipinski definition) is 1. The first kappa shape index (κ1) is 27.7. The molecule has 0 spiro atoms. The van der Waals surface area contributed by atoms with Crippen LogP contribution >= 0.6 is 7.05 Å². The predicted molar refractivity (Wildman–Crippen MR) is 169 cm³/mol. The lowest BCUT2D eigenvalue weighted by atomic mass is 9.92. The summed E-state index contributed by atoms with van der Waals surface area (Å²) >= 11 is 0. The Morgan fingerprint density at radius 2 is 1.11 bits per heavy atom. The number of anilines is 1. The van der Waals surface area contributed by atoms with Gasteiger partial charge in [-0.1, -0.05) is 125 Å². The van der Waals surface area contributed by atoms with Gasteiger partial charge in [0.25, 0.3) is 0 Å². The van der Waals surface area contributed by atoms with Crippen molar-refractivity contribution in [2.24, 2.45) is 4.74 Å². The van der Waals surface area contributed by atoms with Crippen LogP contribution in [0.5, 0.6) is 0 Å². The van der Waals surface area contributed by atoms with Crippen LogP contribution in [0.25, 0.3) is 0 Å². The number of rotatable bonds is 8. The Balaban J connectivity index is 2.03. The Morgan fingerprint density at radius 3 is 1.55 bits per heavy atom. The average Bonchev–Trinajstić information content (AvgIpc) is 2.91. The van der Waals surface area contributed by atoms with E-state index in [1.165, 1.54) is 38.6 Å². The molecule has 0 aromatic heterocycles. The van der Waals surface area contributed by atoms with Crippen molar-refractivity contribution in [2.75, 3.05) is 5.32 Å². The second-order valence-corrected chi connectivity index (χ2v) is 13.6. The zero-order chi connectivity index (χ0) is 27.3. The van der Waals surface area contributed by atoms with Crippen LogP contribution in [-0.2, 0) is 0 Å². The molecule has 0 bridgehead atoms. The van der Waals surface area contributed by atoms with Crippen molar-refractivity contribution in [1.29, 1.82) is 0 Å². The smallest absolute Gasteiger partial charge is 0.0683 e. The quantitative estimate of drug-likeness (QED) is 0.230. The molecule has 3 heteroatoms. The molecule has 0 amide bonds. The SMILES string of the molecule is C/C(=C/P(=Nc1c(C)cccc1C)(c1ccccc1)c1ccccc1)Nc1c(C(C)C)cccc1C(C)C. The van der Waals surface area contributed by atoms with Gasteiger partial charge in [0.1, 0.15) is 0 Å². The van der Waals surface area contributed by atoms with Crippen LogP contribution in [0.15, 0.2) is 113 Å². The molecule has 2 nitrogen and oxygen atoms in total. The minimum Gasteiger partial charge on any atom is -0.359 e. The summed E-state index contributed by atoms with van der Waals surface area (Å²) in [6.45, 7) is 15.6. The van der Waals surface area contributed by atoms with E-state index in [9.17, 15) is 0 Å². The molecule has 0 aliphatic heterocycles. The van der Waals surface area contributed by atoms with E-state index < -0.39 is 7.05 Å². The van der Waals surface area contributed by atoms with Gasteiger partial charge in [-0.2, -0.15) is 0 Å². The van der Waals surface area contributed by atoms with Gasteiger partial charge in [0, 0.05) is 22.0 Å². The number of nitrogens with zero attached hydrogens (tertiary/aromatic N) is 1. The second kappa shape index (κ2) is 12.0. The summed E-state index contributed by atoms with van der Waals surface area (Å²) in [5, 5.41) is 6.37. The summed E-state index contributed by atoms with van der Waals surface area (Å²) in [6, 6.07) is 34.8. The molecular formula is C35H41N2P. The fourth-order valence-electron chi connectivity index (χ4n) is 5.08. The number of hydrogen-bond acceptors (Lipinski definition) is 2. The number of nitrogens with one attached hydrogen (secondary N) is 1. The van der Waals surface area contributed by atoms with Crippen LogP contribution in [0.1, 0.15) is 68.7 Å². The average molecular weight is 521 g/mol. The van der Waals surface area contributed by atoms with Crippen molar-refractivity contribution in [1.82, 2.24) is 0 Å². The molecule has 4 aromatic carbocycles. The first-order valence-electron chi connectivity index (χ1n) is 13.6. The standard InChI is InChI=1S/C35H41N2P/c1-25(2)32-22-15-23-33(26(3)4)35(32)36-29(7)24-38(30-18-10-8-11-19-30,31-20-12-9-13-21-31)37-34-27(5)16-14-17-28(34)6/h8-26,36H,1-7H3/b29-24-. The maximum Gasteiger partial charge on any atom is 0.0683 e. The van der Waals surface area contributed by atoms with E-state index in [1.807, 2.05) is 0 Å². The van der Waals surface area contributed by atoms with Crippen LogP contribution in [0, 0.1) is 13.8 Å². The fourth-order valence-corrected chi connectivity index (χ4v) is 8.47. The summed E-state index contributed by atoms with van der Waals surface area (Å²) in [7, 11) is -2.35. The molecule has 4 aromatic rings. The predicted octanol–water partition coefficient (Wildman–Crippen LogP) is 10.0. The summed E-state index contributed by atoms with van der Waals surface area (Å²) in [5.41, 5.74) is 8.54. The normalized spacial score (nSPS) is 12.2. The molecule has 0 saturated carbocycles. The molecule has 0 heterocycles. The number of aryl methyl sites for hydroxylation is 2. The first-order valence-corrected chi connectivity index (χ1v) is 15.4.